The summed E-state index contributed by atoms with van der Waals surface area (Å²) in [5.74, 6) is 1.06. The maximum absolute atomic E-state index is 11.5. The number of ether oxygens (including phenoxy) is 1. The first kappa shape index (κ1) is 15.1. The monoisotopic (exact) mass is 298 g/mol. The minimum absolute atomic E-state index is 0.0381. The molecule has 0 unspecified atom stereocenters. The first-order valence-corrected chi connectivity index (χ1v) is 8.48. The van der Waals surface area contributed by atoms with Gasteiger partial charge in [0.15, 0.2) is 0 Å². The lowest BCUT2D eigenvalue weighted by molar-refractivity contribution is 0.207. The normalized spacial score (nSPS) is 17.1. The molecule has 1 aromatic carbocycles. The fourth-order valence-electron chi connectivity index (χ4n) is 2.69. The molecule has 0 aliphatic heterocycles. The second kappa shape index (κ2) is 6.01. The van der Waals surface area contributed by atoms with E-state index < -0.39 is 10.0 Å². The Labute approximate surface area is 120 Å². The van der Waals surface area contributed by atoms with Gasteiger partial charge in [-0.25, -0.2) is 13.6 Å². The number of hydrogen-bond donors (Lipinski definition) is 2. The van der Waals surface area contributed by atoms with Crippen LogP contribution in [0.15, 0.2) is 17.0 Å². The number of sulfonamides is 1. The Hall–Kier alpha value is -1.27. The van der Waals surface area contributed by atoms with Gasteiger partial charge >= 0.3 is 0 Å². The zero-order chi connectivity index (χ0) is 14.8. The minimum Gasteiger partial charge on any atom is -0.493 e. The number of rotatable bonds is 4. The maximum atomic E-state index is 11.5. The van der Waals surface area contributed by atoms with Gasteiger partial charge in [-0.1, -0.05) is 19.3 Å². The van der Waals surface area contributed by atoms with Crippen molar-refractivity contribution in [3.63, 3.8) is 0 Å². The van der Waals surface area contributed by atoms with E-state index in [0.717, 1.165) is 0 Å². The van der Waals surface area contributed by atoms with Crippen LogP contribution in [0.1, 0.15) is 37.7 Å². The number of primary sulfonamides is 1. The van der Waals surface area contributed by atoms with E-state index in [4.69, 9.17) is 15.6 Å². The molecule has 1 fully saturated rings. The van der Waals surface area contributed by atoms with Crippen LogP contribution in [0.4, 0.5) is 5.69 Å². The van der Waals surface area contributed by atoms with Gasteiger partial charge in [0.1, 0.15) is 5.75 Å². The van der Waals surface area contributed by atoms with Crippen molar-refractivity contribution in [1.82, 2.24) is 0 Å². The van der Waals surface area contributed by atoms with Crippen molar-refractivity contribution < 1.29 is 13.2 Å². The number of hydrogen-bond acceptors (Lipinski definition) is 4. The molecule has 0 aromatic heterocycles. The summed E-state index contributed by atoms with van der Waals surface area (Å²) in [6.07, 6.45) is 6.12. The molecule has 1 saturated carbocycles. The summed E-state index contributed by atoms with van der Waals surface area (Å²) in [4.78, 5) is 0.0381. The lowest BCUT2D eigenvalue weighted by atomic mass is 9.90. The predicted octanol–water partition coefficient (Wildman–Crippen LogP) is 2.18. The summed E-state index contributed by atoms with van der Waals surface area (Å²) in [7, 11) is -3.78. The number of benzene rings is 1. The third-order valence-electron chi connectivity index (χ3n) is 3.84. The zero-order valence-electron chi connectivity index (χ0n) is 11.8. The molecular weight excluding hydrogens is 276 g/mol. The van der Waals surface area contributed by atoms with Gasteiger partial charge in [0.05, 0.1) is 11.5 Å². The highest BCUT2D eigenvalue weighted by molar-refractivity contribution is 7.89. The number of nitrogen functional groups attached to an aromatic ring is 1. The van der Waals surface area contributed by atoms with E-state index in [1.54, 1.807) is 13.0 Å². The van der Waals surface area contributed by atoms with Crippen molar-refractivity contribution in [3.8, 4) is 5.75 Å². The highest BCUT2D eigenvalue weighted by Crippen LogP contribution is 2.30. The van der Waals surface area contributed by atoms with Crippen LogP contribution in [0, 0.1) is 12.8 Å². The lowest BCUT2D eigenvalue weighted by Crippen LogP contribution is -2.17. The Morgan fingerprint density at radius 1 is 1.25 bits per heavy atom. The molecule has 0 heterocycles. The maximum Gasteiger partial charge on any atom is 0.238 e. The predicted molar refractivity (Wildman–Crippen MR) is 79.0 cm³/mol. The molecule has 1 aromatic rings. The van der Waals surface area contributed by atoms with E-state index in [-0.39, 0.29) is 4.90 Å². The summed E-state index contributed by atoms with van der Waals surface area (Å²) in [6, 6.07) is 3.03. The zero-order valence-corrected chi connectivity index (χ0v) is 12.6. The fraction of sp³-hybridized carbons (Fsp3) is 0.571. The number of anilines is 1. The van der Waals surface area contributed by atoms with Crippen LogP contribution in [-0.4, -0.2) is 15.0 Å². The molecule has 0 bridgehead atoms. The van der Waals surface area contributed by atoms with Crippen molar-refractivity contribution in [2.45, 2.75) is 43.9 Å². The Balaban J connectivity index is 2.17. The van der Waals surface area contributed by atoms with Crippen LogP contribution >= 0.6 is 0 Å². The molecule has 4 N–H and O–H groups in total. The van der Waals surface area contributed by atoms with Gasteiger partial charge in [0.2, 0.25) is 10.0 Å². The largest absolute Gasteiger partial charge is 0.493 e. The van der Waals surface area contributed by atoms with Crippen molar-refractivity contribution in [3.05, 3.63) is 17.7 Å². The Kier molecular flexibility index (Phi) is 4.55. The van der Waals surface area contributed by atoms with E-state index in [2.05, 4.69) is 0 Å². The fourth-order valence-corrected chi connectivity index (χ4v) is 3.52. The van der Waals surface area contributed by atoms with Gasteiger partial charge in [-0.15, -0.1) is 0 Å². The van der Waals surface area contributed by atoms with Gasteiger partial charge < -0.3 is 10.5 Å². The molecule has 0 amide bonds. The summed E-state index contributed by atoms with van der Waals surface area (Å²) in [6.45, 7) is 2.30. The molecule has 112 valence electrons. The van der Waals surface area contributed by atoms with Crippen LogP contribution < -0.4 is 15.6 Å². The van der Waals surface area contributed by atoms with E-state index in [9.17, 15) is 8.42 Å². The van der Waals surface area contributed by atoms with Crippen LogP contribution in [0.3, 0.4) is 0 Å². The van der Waals surface area contributed by atoms with Gasteiger partial charge in [-0.2, -0.15) is 0 Å². The highest BCUT2D eigenvalue weighted by atomic mass is 32.2. The average Bonchev–Trinajstić information content (AvgIpc) is 2.39. The van der Waals surface area contributed by atoms with Gasteiger partial charge in [-0.3, -0.25) is 0 Å². The Bertz CT molecular complexity index is 578. The SMILES string of the molecule is Cc1c(OCC2CCCCC2)cc(N)cc1S(N)(=O)=O. The third-order valence-corrected chi connectivity index (χ3v) is 4.88. The quantitative estimate of drug-likeness (QED) is 0.833. The lowest BCUT2D eigenvalue weighted by Gasteiger charge is -2.22. The molecule has 1 aliphatic rings. The van der Waals surface area contributed by atoms with Crippen molar-refractivity contribution in [1.29, 1.82) is 0 Å². The van der Waals surface area contributed by atoms with Crippen molar-refractivity contribution in [2.24, 2.45) is 11.1 Å². The van der Waals surface area contributed by atoms with Gasteiger partial charge in [0.25, 0.3) is 0 Å². The molecule has 1 aliphatic carbocycles. The smallest absolute Gasteiger partial charge is 0.238 e. The van der Waals surface area contributed by atoms with Crippen LogP contribution in [0.5, 0.6) is 5.75 Å². The van der Waals surface area contributed by atoms with Crippen molar-refractivity contribution in [2.75, 3.05) is 12.3 Å². The van der Waals surface area contributed by atoms with Crippen LogP contribution in [0.2, 0.25) is 0 Å². The minimum atomic E-state index is -3.78. The first-order chi connectivity index (χ1) is 9.38. The molecule has 5 nitrogen and oxygen atoms in total. The van der Waals surface area contributed by atoms with Crippen LogP contribution in [0.25, 0.3) is 0 Å². The third kappa shape index (κ3) is 3.64. The Morgan fingerprint density at radius 3 is 2.50 bits per heavy atom. The molecule has 20 heavy (non-hydrogen) atoms. The van der Waals surface area contributed by atoms with E-state index in [1.165, 1.54) is 38.2 Å². The standard InChI is InChI=1S/C14H22N2O3S/c1-10-13(19-9-11-5-3-2-4-6-11)7-12(15)8-14(10)20(16,17)18/h7-8,11H,2-6,9,15H2,1H3,(H2,16,17,18). The topological polar surface area (TPSA) is 95.4 Å². The molecule has 2 rings (SSSR count). The summed E-state index contributed by atoms with van der Waals surface area (Å²) >= 11 is 0. The summed E-state index contributed by atoms with van der Waals surface area (Å²) in [5.41, 5.74) is 6.60. The Morgan fingerprint density at radius 2 is 1.90 bits per heavy atom. The van der Waals surface area contributed by atoms with E-state index in [0.29, 0.717) is 29.5 Å². The van der Waals surface area contributed by atoms with E-state index in [1.807, 2.05) is 0 Å². The second-order valence-electron chi connectivity index (χ2n) is 5.50. The summed E-state index contributed by atoms with van der Waals surface area (Å²) in [5, 5.41) is 5.20. The molecule has 0 radical (unpaired) electrons. The molecular formula is C14H22N2O3S. The van der Waals surface area contributed by atoms with Crippen molar-refractivity contribution >= 4 is 15.7 Å². The van der Waals surface area contributed by atoms with Gasteiger partial charge in [-0.05, 0) is 31.7 Å². The van der Waals surface area contributed by atoms with E-state index >= 15 is 0 Å². The molecule has 0 spiro atoms. The number of nitrogens with two attached hydrogens (primary N) is 2. The van der Waals surface area contributed by atoms with Crippen LogP contribution in [-0.2, 0) is 10.0 Å². The first-order valence-electron chi connectivity index (χ1n) is 6.93. The molecule has 0 atom stereocenters. The van der Waals surface area contributed by atoms with Gasteiger partial charge in [0, 0.05) is 17.3 Å². The highest BCUT2D eigenvalue weighted by Gasteiger charge is 2.18. The molecule has 0 saturated heterocycles. The summed E-state index contributed by atoms with van der Waals surface area (Å²) < 4.78 is 28.9. The molecule has 6 heteroatoms. The average molecular weight is 298 g/mol. The second-order valence-corrected chi connectivity index (χ2v) is 7.03.